The summed E-state index contributed by atoms with van der Waals surface area (Å²) in [5, 5.41) is 32.0. The van der Waals surface area contributed by atoms with Gasteiger partial charge in [0.05, 0.1) is 22.9 Å². The number of allylic oxidation sites excluding steroid dienone is 4. The van der Waals surface area contributed by atoms with Gasteiger partial charge in [-0.1, -0.05) is 18.2 Å². The fourth-order valence-corrected chi connectivity index (χ4v) is 3.11. The van der Waals surface area contributed by atoms with Crippen LogP contribution >= 0.6 is 0 Å². The molecule has 1 aromatic rings. The van der Waals surface area contributed by atoms with Crippen molar-refractivity contribution >= 4 is 11.4 Å². The number of hydrogen-bond acceptors (Lipinski definition) is 5. The van der Waals surface area contributed by atoms with Crippen LogP contribution in [0.2, 0.25) is 0 Å². The second kappa shape index (κ2) is 4.43. The van der Waals surface area contributed by atoms with E-state index < -0.39 is 11.5 Å². The molecular weight excluding hydrogens is 280 g/mol. The Balaban J connectivity index is 2.02. The minimum absolute atomic E-state index is 0.135. The minimum Gasteiger partial charge on any atom is -0.755 e. The Morgan fingerprint density at radius 2 is 2.00 bits per heavy atom. The van der Waals surface area contributed by atoms with Gasteiger partial charge in [-0.15, -0.1) is 0 Å². The average molecular weight is 293 g/mol. The van der Waals surface area contributed by atoms with Crippen molar-refractivity contribution in [1.29, 1.82) is 0 Å². The molecule has 2 heterocycles. The Morgan fingerprint density at radius 1 is 1.23 bits per heavy atom. The fraction of sp³-hybridized carbons (Fsp3) is 0.118. The minimum atomic E-state index is -0.711. The number of aromatic hydroxyl groups is 1. The number of aliphatic hydroxyl groups excluding tert-OH is 1. The van der Waals surface area contributed by atoms with Crippen LogP contribution in [0.15, 0.2) is 71.5 Å². The summed E-state index contributed by atoms with van der Waals surface area (Å²) in [6.45, 7) is 0. The molecule has 0 amide bonds. The predicted molar refractivity (Wildman–Crippen MR) is 83.6 cm³/mol. The van der Waals surface area contributed by atoms with E-state index in [2.05, 4.69) is 4.99 Å². The largest absolute Gasteiger partial charge is 0.755 e. The lowest BCUT2D eigenvalue weighted by Crippen LogP contribution is -2.35. The highest BCUT2D eigenvalue weighted by Gasteiger charge is 2.40. The van der Waals surface area contributed by atoms with Gasteiger partial charge in [-0.3, -0.25) is 0 Å². The van der Waals surface area contributed by atoms with Gasteiger partial charge < -0.3 is 20.5 Å². The van der Waals surface area contributed by atoms with E-state index in [-0.39, 0.29) is 5.75 Å². The molecule has 1 unspecified atom stereocenters. The van der Waals surface area contributed by atoms with Crippen molar-refractivity contribution in [3.63, 3.8) is 0 Å². The lowest BCUT2D eigenvalue weighted by Gasteiger charge is -2.41. The maximum Gasteiger partial charge on any atom is 0.116 e. The zero-order valence-electron chi connectivity index (χ0n) is 11.5. The third-order valence-corrected chi connectivity index (χ3v) is 4.15. The van der Waals surface area contributed by atoms with Crippen molar-refractivity contribution < 1.29 is 10.2 Å². The van der Waals surface area contributed by atoms with Crippen LogP contribution in [-0.4, -0.2) is 27.1 Å². The molecule has 1 aliphatic carbocycles. The molecule has 1 atom stereocenters. The molecule has 0 bridgehead atoms. The van der Waals surface area contributed by atoms with Crippen molar-refractivity contribution in [3.8, 4) is 5.75 Å². The van der Waals surface area contributed by atoms with Gasteiger partial charge in [-0.2, -0.15) is 0 Å². The van der Waals surface area contributed by atoms with E-state index >= 15 is 0 Å². The highest BCUT2D eigenvalue weighted by atomic mass is 16.5. The van der Waals surface area contributed by atoms with Crippen LogP contribution in [0.25, 0.3) is 0 Å². The maximum absolute atomic E-state index is 11.5. The maximum atomic E-state index is 11.5. The first-order valence-corrected chi connectivity index (χ1v) is 6.94. The van der Waals surface area contributed by atoms with Crippen molar-refractivity contribution in [2.45, 2.75) is 11.5 Å². The van der Waals surface area contributed by atoms with Gasteiger partial charge in [0.2, 0.25) is 0 Å². The van der Waals surface area contributed by atoms with Crippen molar-refractivity contribution in [2.75, 3.05) is 0 Å². The molecule has 0 saturated heterocycles. The number of hydroxylamine groups is 2. The highest BCUT2D eigenvalue weighted by Crippen LogP contribution is 2.48. The number of aliphatic hydroxyl groups is 1. The number of hydrogen-bond donors (Lipinski definition) is 2. The van der Waals surface area contributed by atoms with Crippen molar-refractivity contribution in [2.24, 2.45) is 4.99 Å². The molecule has 0 saturated carbocycles. The zero-order chi connectivity index (χ0) is 15.3. The van der Waals surface area contributed by atoms with Crippen LogP contribution in [0.1, 0.15) is 5.56 Å². The van der Waals surface area contributed by atoms with Gasteiger partial charge in [-0.25, -0.2) is 4.99 Å². The molecule has 0 radical (unpaired) electrons. The quantitative estimate of drug-likeness (QED) is 0.770. The third-order valence-electron chi connectivity index (χ3n) is 4.15. The normalized spacial score (nSPS) is 23.9. The molecule has 0 aromatic heterocycles. The molecule has 2 N–H and O–H groups in total. The summed E-state index contributed by atoms with van der Waals surface area (Å²) >= 11 is 0. The standard InChI is InChI=1S/C17H13N2O3/c20-11-1-3-15-13(9-11)17(5-7-19(22)8-6-17)14-10-12(21)2-4-16(14)18-15/h1-11,20-21H/q-1. The SMILES string of the molecule is [O-]N1C=CC2(C=C1)C1=CC(O)C=CC1=Nc1ccc(O)cc12. The predicted octanol–water partition coefficient (Wildman–Crippen LogP) is 2.41. The van der Waals surface area contributed by atoms with E-state index in [1.54, 1.807) is 48.6 Å². The summed E-state index contributed by atoms with van der Waals surface area (Å²) in [5.41, 5.74) is 2.36. The fourth-order valence-electron chi connectivity index (χ4n) is 3.11. The topological polar surface area (TPSA) is 79.1 Å². The molecule has 22 heavy (non-hydrogen) atoms. The van der Waals surface area contributed by atoms with Crippen LogP contribution in [0, 0.1) is 5.21 Å². The molecule has 5 nitrogen and oxygen atoms in total. The van der Waals surface area contributed by atoms with Gasteiger partial charge in [0.15, 0.2) is 0 Å². The Kier molecular flexibility index (Phi) is 2.63. The van der Waals surface area contributed by atoms with Gasteiger partial charge in [0.25, 0.3) is 0 Å². The van der Waals surface area contributed by atoms with Crippen LogP contribution in [0.4, 0.5) is 5.69 Å². The summed E-state index contributed by atoms with van der Waals surface area (Å²) in [6.07, 6.45) is 10.9. The summed E-state index contributed by atoms with van der Waals surface area (Å²) < 4.78 is 0. The summed E-state index contributed by atoms with van der Waals surface area (Å²) in [7, 11) is 0. The number of aliphatic imine (C=N–C) groups is 1. The average Bonchev–Trinajstić information content (AvgIpc) is 2.51. The number of phenolic OH excluding ortho intramolecular Hbond substituents is 1. The molecular formula is C17H13N2O3-. The Hall–Kier alpha value is -2.63. The smallest absolute Gasteiger partial charge is 0.116 e. The summed E-state index contributed by atoms with van der Waals surface area (Å²) in [5.74, 6) is 0.135. The van der Waals surface area contributed by atoms with Crippen molar-refractivity contribution in [3.05, 3.63) is 77.3 Å². The lowest BCUT2D eigenvalue weighted by molar-refractivity contribution is 0.269. The van der Waals surface area contributed by atoms with Crippen LogP contribution in [0.5, 0.6) is 5.75 Å². The first-order chi connectivity index (χ1) is 10.6. The van der Waals surface area contributed by atoms with E-state index in [4.69, 9.17) is 0 Å². The summed E-state index contributed by atoms with van der Waals surface area (Å²) in [6, 6.07) is 4.99. The molecule has 0 fully saturated rings. The van der Waals surface area contributed by atoms with Gasteiger partial charge >= 0.3 is 0 Å². The molecule has 1 aromatic carbocycles. The number of nitrogens with zero attached hydrogens (tertiary/aromatic N) is 2. The Bertz CT molecular complexity index is 788. The van der Waals surface area contributed by atoms with E-state index in [9.17, 15) is 15.4 Å². The summed E-state index contributed by atoms with van der Waals surface area (Å²) in [4.78, 5) is 4.59. The molecule has 110 valence electrons. The number of fused-ring (bicyclic) bond motifs is 4. The second-order valence-electron chi connectivity index (χ2n) is 5.49. The number of phenols is 1. The highest BCUT2D eigenvalue weighted by molar-refractivity contribution is 6.14. The van der Waals surface area contributed by atoms with E-state index in [1.165, 1.54) is 12.4 Å². The van der Waals surface area contributed by atoms with Gasteiger partial charge in [0.1, 0.15) is 5.75 Å². The monoisotopic (exact) mass is 293 g/mol. The van der Waals surface area contributed by atoms with E-state index in [0.717, 1.165) is 27.6 Å². The first kappa shape index (κ1) is 13.1. The third kappa shape index (κ3) is 1.76. The number of benzene rings is 1. The van der Waals surface area contributed by atoms with E-state index in [0.29, 0.717) is 0 Å². The van der Waals surface area contributed by atoms with E-state index in [1.807, 2.05) is 0 Å². The molecule has 2 aliphatic heterocycles. The lowest BCUT2D eigenvalue weighted by atomic mass is 9.68. The zero-order valence-corrected chi connectivity index (χ0v) is 11.5. The van der Waals surface area contributed by atoms with Crippen LogP contribution < -0.4 is 0 Å². The molecule has 5 heteroatoms. The Labute approximate surface area is 127 Å². The van der Waals surface area contributed by atoms with Gasteiger partial charge in [0, 0.05) is 0 Å². The van der Waals surface area contributed by atoms with Crippen LogP contribution in [0.3, 0.4) is 0 Å². The van der Waals surface area contributed by atoms with Gasteiger partial charge in [-0.05, 0) is 53.9 Å². The number of rotatable bonds is 0. The van der Waals surface area contributed by atoms with Crippen LogP contribution in [-0.2, 0) is 5.41 Å². The first-order valence-electron chi connectivity index (χ1n) is 6.94. The second-order valence-corrected chi connectivity index (χ2v) is 5.49. The molecule has 1 spiro atoms. The Morgan fingerprint density at radius 3 is 2.77 bits per heavy atom. The molecule has 4 rings (SSSR count). The molecule has 3 aliphatic rings. The van der Waals surface area contributed by atoms with Crippen molar-refractivity contribution in [1.82, 2.24) is 5.06 Å².